The Labute approximate surface area is 105 Å². The van der Waals surface area contributed by atoms with Crippen molar-refractivity contribution in [2.75, 3.05) is 0 Å². The number of carboxylic acid groups (broad SMARTS) is 1. The number of ether oxygens (including phenoxy) is 1. The first kappa shape index (κ1) is 12.2. The predicted octanol–water partition coefficient (Wildman–Crippen LogP) is 2.18. The number of aromatic nitrogens is 2. The number of aryl methyl sites for hydroxylation is 1. The molecule has 0 saturated carbocycles. The number of nitrogens with zero attached hydrogens (tertiary/aromatic N) is 2. The average Bonchev–Trinajstić information content (AvgIpc) is 2.85. The van der Waals surface area contributed by atoms with Crippen LogP contribution < -0.4 is 4.74 Å². The van der Waals surface area contributed by atoms with Gasteiger partial charge in [0.05, 0.1) is 0 Å². The normalized spacial score (nSPS) is 10.3. The lowest BCUT2D eigenvalue weighted by atomic mass is 10.2. The Balaban J connectivity index is 1.99. The summed E-state index contributed by atoms with van der Waals surface area (Å²) in [6, 6.07) is 9.22. The summed E-state index contributed by atoms with van der Waals surface area (Å²) < 4.78 is 6.98. The molecule has 0 atom stereocenters. The van der Waals surface area contributed by atoms with E-state index in [0.29, 0.717) is 0 Å². The molecule has 0 aliphatic rings. The summed E-state index contributed by atoms with van der Waals surface area (Å²) in [5.41, 5.74) is 1.21. The summed E-state index contributed by atoms with van der Waals surface area (Å²) in [4.78, 5) is 10.7. The summed E-state index contributed by atoms with van der Waals surface area (Å²) in [6.07, 6.45) is 2.52. The summed E-state index contributed by atoms with van der Waals surface area (Å²) in [7, 11) is 0. The zero-order valence-corrected chi connectivity index (χ0v) is 10.0. The molecule has 94 valence electrons. The number of hydrogen-bond acceptors (Lipinski definition) is 3. The van der Waals surface area contributed by atoms with Crippen molar-refractivity contribution in [3.63, 3.8) is 0 Å². The van der Waals surface area contributed by atoms with Crippen molar-refractivity contribution in [3.8, 4) is 5.75 Å². The molecule has 5 nitrogen and oxygen atoms in total. The zero-order valence-electron chi connectivity index (χ0n) is 10.0. The van der Waals surface area contributed by atoms with Crippen LogP contribution in [0.4, 0.5) is 0 Å². The molecule has 1 N–H and O–H groups in total. The van der Waals surface area contributed by atoms with Crippen molar-refractivity contribution in [2.24, 2.45) is 0 Å². The Bertz CT molecular complexity index is 549. The fourth-order valence-electron chi connectivity index (χ4n) is 1.54. The second-order valence-electron chi connectivity index (χ2n) is 3.82. The van der Waals surface area contributed by atoms with Gasteiger partial charge in [-0.1, -0.05) is 19.1 Å². The van der Waals surface area contributed by atoms with Crippen molar-refractivity contribution in [1.29, 1.82) is 0 Å². The highest BCUT2D eigenvalue weighted by atomic mass is 16.5. The number of hydrogen-bond donors (Lipinski definition) is 1. The second-order valence-corrected chi connectivity index (χ2v) is 3.82. The van der Waals surface area contributed by atoms with Crippen LogP contribution >= 0.6 is 0 Å². The fourth-order valence-corrected chi connectivity index (χ4v) is 1.54. The molecule has 0 amide bonds. The van der Waals surface area contributed by atoms with E-state index in [1.54, 1.807) is 6.20 Å². The Morgan fingerprint density at radius 1 is 1.44 bits per heavy atom. The van der Waals surface area contributed by atoms with Crippen LogP contribution in [-0.2, 0) is 13.2 Å². The molecule has 1 aromatic heterocycles. The Morgan fingerprint density at radius 3 is 2.94 bits per heavy atom. The lowest BCUT2D eigenvalue weighted by Crippen LogP contribution is -2.07. The van der Waals surface area contributed by atoms with Gasteiger partial charge in [-0.3, -0.25) is 0 Å². The van der Waals surface area contributed by atoms with Gasteiger partial charge in [-0.25, -0.2) is 9.48 Å². The number of carboxylic acids is 1. The van der Waals surface area contributed by atoms with Crippen LogP contribution in [0.1, 0.15) is 23.0 Å². The van der Waals surface area contributed by atoms with Crippen LogP contribution in [0.15, 0.2) is 36.5 Å². The monoisotopic (exact) mass is 246 g/mol. The van der Waals surface area contributed by atoms with E-state index in [0.717, 1.165) is 12.2 Å². The molecule has 2 rings (SSSR count). The molecule has 1 aromatic carbocycles. The Hall–Kier alpha value is -2.30. The smallest absolute Gasteiger partial charge is 0.356 e. The van der Waals surface area contributed by atoms with E-state index in [-0.39, 0.29) is 12.4 Å². The van der Waals surface area contributed by atoms with Gasteiger partial charge in [0.25, 0.3) is 0 Å². The minimum Gasteiger partial charge on any atom is -0.476 e. The van der Waals surface area contributed by atoms with E-state index in [1.165, 1.54) is 16.3 Å². The molecule has 0 bridgehead atoms. The maximum atomic E-state index is 10.7. The van der Waals surface area contributed by atoms with Gasteiger partial charge in [-0.15, -0.1) is 0 Å². The van der Waals surface area contributed by atoms with Gasteiger partial charge < -0.3 is 9.84 Å². The Kier molecular flexibility index (Phi) is 3.62. The van der Waals surface area contributed by atoms with Crippen LogP contribution in [0.2, 0.25) is 0 Å². The second kappa shape index (κ2) is 5.35. The van der Waals surface area contributed by atoms with Crippen LogP contribution in [-0.4, -0.2) is 20.9 Å². The molecular weight excluding hydrogens is 232 g/mol. The molecule has 0 aliphatic carbocycles. The van der Waals surface area contributed by atoms with Gasteiger partial charge >= 0.3 is 5.97 Å². The molecule has 0 fully saturated rings. The van der Waals surface area contributed by atoms with Gasteiger partial charge in [-0.05, 0) is 30.2 Å². The van der Waals surface area contributed by atoms with Crippen LogP contribution in [0.25, 0.3) is 0 Å². The van der Waals surface area contributed by atoms with Gasteiger partial charge in [0, 0.05) is 6.20 Å². The van der Waals surface area contributed by atoms with E-state index in [2.05, 4.69) is 12.0 Å². The highest BCUT2D eigenvalue weighted by Crippen LogP contribution is 2.14. The molecule has 2 aromatic rings. The highest BCUT2D eigenvalue weighted by molar-refractivity contribution is 5.84. The lowest BCUT2D eigenvalue weighted by molar-refractivity contribution is 0.0688. The van der Waals surface area contributed by atoms with Crippen LogP contribution in [0.5, 0.6) is 5.75 Å². The average molecular weight is 246 g/mol. The lowest BCUT2D eigenvalue weighted by Gasteiger charge is -2.07. The van der Waals surface area contributed by atoms with Crippen molar-refractivity contribution in [1.82, 2.24) is 9.78 Å². The molecule has 0 aliphatic heterocycles. The third-order valence-electron chi connectivity index (χ3n) is 2.53. The first-order valence-electron chi connectivity index (χ1n) is 5.67. The van der Waals surface area contributed by atoms with Gasteiger partial charge in [-0.2, -0.15) is 5.10 Å². The van der Waals surface area contributed by atoms with E-state index >= 15 is 0 Å². The number of benzene rings is 1. The third-order valence-corrected chi connectivity index (χ3v) is 2.53. The van der Waals surface area contributed by atoms with E-state index in [4.69, 9.17) is 9.84 Å². The van der Waals surface area contributed by atoms with E-state index in [9.17, 15) is 4.79 Å². The van der Waals surface area contributed by atoms with Crippen molar-refractivity contribution in [3.05, 3.63) is 47.8 Å². The van der Waals surface area contributed by atoms with Crippen molar-refractivity contribution < 1.29 is 14.6 Å². The maximum Gasteiger partial charge on any atom is 0.356 e. The largest absolute Gasteiger partial charge is 0.476 e. The fraction of sp³-hybridized carbons (Fsp3) is 0.231. The van der Waals surface area contributed by atoms with Crippen LogP contribution in [0.3, 0.4) is 0 Å². The van der Waals surface area contributed by atoms with E-state index in [1.807, 2.05) is 24.3 Å². The summed E-state index contributed by atoms with van der Waals surface area (Å²) in [5.74, 6) is -0.288. The first-order valence-corrected chi connectivity index (χ1v) is 5.67. The summed E-state index contributed by atoms with van der Waals surface area (Å²) >= 11 is 0. The maximum absolute atomic E-state index is 10.7. The SMILES string of the molecule is CCc1cccc(OCn2ccc(C(=O)O)n2)c1. The van der Waals surface area contributed by atoms with Gasteiger partial charge in [0.1, 0.15) is 5.75 Å². The van der Waals surface area contributed by atoms with E-state index < -0.39 is 5.97 Å². The predicted molar refractivity (Wildman–Crippen MR) is 65.6 cm³/mol. The minimum atomic E-state index is -1.04. The third kappa shape index (κ3) is 2.88. The van der Waals surface area contributed by atoms with Crippen molar-refractivity contribution in [2.45, 2.75) is 20.1 Å². The molecule has 0 spiro atoms. The summed E-state index contributed by atoms with van der Waals surface area (Å²) in [6.45, 7) is 2.27. The topological polar surface area (TPSA) is 64.3 Å². The number of aromatic carboxylic acids is 1. The molecule has 0 radical (unpaired) electrons. The standard InChI is InChI=1S/C13H14N2O3/c1-2-10-4-3-5-11(8-10)18-9-15-7-6-12(14-15)13(16)17/h3-8H,2,9H2,1H3,(H,16,17). The molecular formula is C13H14N2O3. The number of rotatable bonds is 5. The number of carbonyl (C=O) groups is 1. The molecule has 5 heteroatoms. The molecule has 18 heavy (non-hydrogen) atoms. The first-order chi connectivity index (χ1) is 8.69. The summed E-state index contributed by atoms with van der Waals surface area (Å²) in [5, 5.41) is 12.6. The van der Waals surface area contributed by atoms with Crippen molar-refractivity contribution >= 4 is 5.97 Å². The van der Waals surface area contributed by atoms with Gasteiger partial charge in [0.15, 0.2) is 12.4 Å². The Morgan fingerprint density at radius 2 is 2.28 bits per heavy atom. The minimum absolute atomic E-state index is 0.0147. The molecule has 0 saturated heterocycles. The molecule has 1 heterocycles. The highest BCUT2D eigenvalue weighted by Gasteiger charge is 2.06. The molecule has 0 unspecified atom stereocenters. The quantitative estimate of drug-likeness (QED) is 0.878. The van der Waals surface area contributed by atoms with Gasteiger partial charge in [0.2, 0.25) is 0 Å². The zero-order chi connectivity index (χ0) is 13.0. The van der Waals surface area contributed by atoms with Crippen LogP contribution in [0, 0.1) is 0 Å².